The van der Waals surface area contributed by atoms with E-state index < -0.39 is 0 Å². The van der Waals surface area contributed by atoms with E-state index in [9.17, 15) is 0 Å². The fourth-order valence-electron chi connectivity index (χ4n) is 2.13. The zero-order valence-electron chi connectivity index (χ0n) is 12.3. The fourth-order valence-corrected chi connectivity index (χ4v) is 2.48. The Kier molecular flexibility index (Phi) is 5.00. The van der Waals surface area contributed by atoms with Gasteiger partial charge in [-0.2, -0.15) is 5.10 Å². The van der Waals surface area contributed by atoms with E-state index in [4.69, 9.17) is 5.73 Å². The van der Waals surface area contributed by atoms with Crippen molar-refractivity contribution in [2.45, 2.75) is 45.6 Å². The molecule has 1 aromatic heterocycles. The first kappa shape index (κ1) is 15.3. The Balaban J connectivity index is 2.39. The van der Waals surface area contributed by atoms with Crippen molar-refractivity contribution in [3.63, 3.8) is 0 Å². The minimum atomic E-state index is 0.190. The largest absolute Gasteiger partial charge is 0.327 e. The van der Waals surface area contributed by atoms with Gasteiger partial charge in [0.25, 0.3) is 0 Å². The quantitative estimate of drug-likeness (QED) is 0.896. The molecule has 0 aliphatic carbocycles. The van der Waals surface area contributed by atoms with Crippen LogP contribution in [0.15, 0.2) is 34.9 Å². The molecular formula is C16H22BrN3. The van der Waals surface area contributed by atoms with Crippen LogP contribution >= 0.6 is 15.9 Å². The molecule has 1 aromatic carbocycles. The molecule has 0 spiro atoms. The molecule has 3 nitrogen and oxygen atoms in total. The number of nitrogens with zero attached hydrogens (tertiary/aromatic N) is 2. The van der Waals surface area contributed by atoms with Gasteiger partial charge in [-0.15, -0.1) is 0 Å². The molecule has 0 saturated carbocycles. The number of hydrogen-bond donors (Lipinski definition) is 1. The van der Waals surface area contributed by atoms with Crippen molar-refractivity contribution in [3.8, 4) is 5.69 Å². The highest BCUT2D eigenvalue weighted by Gasteiger charge is 2.11. The molecule has 0 saturated heterocycles. The summed E-state index contributed by atoms with van der Waals surface area (Å²) in [6.07, 6.45) is 3.87. The van der Waals surface area contributed by atoms with Crippen LogP contribution < -0.4 is 5.73 Å². The summed E-state index contributed by atoms with van der Waals surface area (Å²) in [7, 11) is 0. The second kappa shape index (κ2) is 6.55. The predicted molar refractivity (Wildman–Crippen MR) is 87.3 cm³/mol. The maximum atomic E-state index is 6.10. The lowest BCUT2D eigenvalue weighted by atomic mass is 10.0. The average Bonchev–Trinajstić information content (AvgIpc) is 2.90. The molecule has 0 bridgehead atoms. The Hall–Kier alpha value is -1.13. The summed E-state index contributed by atoms with van der Waals surface area (Å²) in [5.41, 5.74) is 9.55. The Bertz CT molecular complexity index is 575. The van der Waals surface area contributed by atoms with Gasteiger partial charge in [-0.25, -0.2) is 4.68 Å². The first-order valence-corrected chi connectivity index (χ1v) is 7.90. The molecule has 20 heavy (non-hydrogen) atoms. The summed E-state index contributed by atoms with van der Waals surface area (Å²) >= 11 is 3.54. The topological polar surface area (TPSA) is 43.8 Å². The summed E-state index contributed by atoms with van der Waals surface area (Å²) in [4.78, 5) is 0. The molecule has 4 heteroatoms. The molecule has 0 radical (unpaired) electrons. The summed E-state index contributed by atoms with van der Waals surface area (Å²) in [5, 5.41) is 4.67. The van der Waals surface area contributed by atoms with Crippen molar-refractivity contribution < 1.29 is 0 Å². The predicted octanol–water partition coefficient (Wildman–Crippen LogP) is 4.04. The summed E-state index contributed by atoms with van der Waals surface area (Å²) in [6, 6.07) is 8.57. The summed E-state index contributed by atoms with van der Waals surface area (Å²) < 4.78 is 3.01. The lowest BCUT2D eigenvalue weighted by molar-refractivity contribution is 0.641. The van der Waals surface area contributed by atoms with Crippen molar-refractivity contribution in [2.75, 3.05) is 0 Å². The number of aromatic nitrogens is 2. The van der Waals surface area contributed by atoms with E-state index in [0.29, 0.717) is 5.92 Å². The minimum absolute atomic E-state index is 0.190. The highest BCUT2D eigenvalue weighted by molar-refractivity contribution is 9.10. The van der Waals surface area contributed by atoms with Gasteiger partial charge < -0.3 is 5.73 Å². The van der Waals surface area contributed by atoms with Gasteiger partial charge in [0.1, 0.15) is 0 Å². The van der Waals surface area contributed by atoms with Gasteiger partial charge in [-0.3, -0.25) is 0 Å². The van der Waals surface area contributed by atoms with Gasteiger partial charge in [0.2, 0.25) is 0 Å². The summed E-state index contributed by atoms with van der Waals surface area (Å²) in [5.74, 6) is 0.435. The molecule has 0 fully saturated rings. The maximum absolute atomic E-state index is 6.10. The lowest BCUT2D eigenvalue weighted by Crippen LogP contribution is -2.22. The number of hydrogen-bond acceptors (Lipinski definition) is 2. The van der Waals surface area contributed by atoms with Gasteiger partial charge in [0.15, 0.2) is 0 Å². The Morgan fingerprint density at radius 3 is 2.65 bits per heavy atom. The smallest absolute Gasteiger partial charge is 0.0689 e. The number of benzene rings is 1. The van der Waals surface area contributed by atoms with Crippen LogP contribution in [0.4, 0.5) is 0 Å². The summed E-state index contributed by atoms with van der Waals surface area (Å²) in [6.45, 7) is 6.43. The molecule has 1 heterocycles. The average molecular weight is 336 g/mol. The SMILES string of the molecule is CCC(N)Cc1ccc(Br)cc1-n1ccc(C(C)C)n1. The Morgan fingerprint density at radius 1 is 1.30 bits per heavy atom. The van der Waals surface area contributed by atoms with E-state index in [1.165, 1.54) is 5.56 Å². The highest BCUT2D eigenvalue weighted by Crippen LogP contribution is 2.23. The second-order valence-corrected chi connectivity index (χ2v) is 6.40. The first-order chi connectivity index (χ1) is 9.51. The normalized spacial score (nSPS) is 12.9. The maximum Gasteiger partial charge on any atom is 0.0689 e. The van der Waals surface area contributed by atoms with Gasteiger partial charge in [-0.05, 0) is 42.5 Å². The van der Waals surface area contributed by atoms with Gasteiger partial charge in [0, 0.05) is 16.7 Å². The second-order valence-electron chi connectivity index (χ2n) is 5.49. The molecule has 2 N–H and O–H groups in total. The molecule has 0 amide bonds. The van der Waals surface area contributed by atoms with Crippen LogP contribution in [0.25, 0.3) is 5.69 Å². The van der Waals surface area contributed by atoms with E-state index in [1.54, 1.807) is 0 Å². The van der Waals surface area contributed by atoms with E-state index in [0.717, 1.165) is 28.7 Å². The van der Waals surface area contributed by atoms with Crippen LogP contribution in [0.5, 0.6) is 0 Å². The van der Waals surface area contributed by atoms with Crippen LogP contribution in [-0.4, -0.2) is 15.8 Å². The Morgan fingerprint density at radius 2 is 2.05 bits per heavy atom. The van der Waals surface area contributed by atoms with Crippen molar-refractivity contribution in [1.29, 1.82) is 0 Å². The molecule has 2 rings (SSSR count). The lowest BCUT2D eigenvalue weighted by Gasteiger charge is -2.14. The number of rotatable bonds is 5. The minimum Gasteiger partial charge on any atom is -0.327 e. The molecular weight excluding hydrogens is 314 g/mol. The van der Waals surface area contributed by atoms with Gasteiger partial charge in [-0.1, -0.05) is 42.8 Å². The van der Waals surface area contributed by atoms with Crippen LogP contribution in [0.2, 0.25) is 0 Å². The van der Waals surface area contributed by atoms with Crippen LogP contribution in [-0.2, 0) is 6.42 Å². The van der Waals surface area contributed by atoms with Crippen LogP contribution in [0, 0.1) is 0 Å². The van der Waals surface area contributed by atoms with Crippen molar-refractivity contribution in [1.82, 2.24) is 9.78 Å². The molecule has 0 aliphatic heterocycles. The number of nitrogens with two attached hydrogens (primary N) is 1. The first-order valence-electron chi connectivity index (χ1n) is 7.11. The van der Waals surface area contributed by atoms with Crippen LogP contribution in [0.3, 0.4) is 0 Å². The third-order valence-electron chi connectivity index (χ3n) is 3.50. The molecule has 2 aromatic rings. The van der Waals surface area contributed by atoms with Crippen LogP contribution in [0.1, 0.15) is 44.4 Å². The van der Waals surface area contributed by atoms with Crippen molar-refractivity contribution in [3.05, 3.63) is 46.2 Å². The zero-order valence-corrected chi connectivity index (χ0v) is 13.9. The molecule has 0 aliphatic rings. The number of halogens is 1. The van der Waals surface area contributed by atoms with Crippen molar-refractivity contribution in [2.24, 2.45) is 5.73 Å². The highest BCUT2D eigenvalue weighted by atomic mass is 79.9. The van der Waals surface area contributed by atoms with Gasteiger partial charge >= 0.3 is 0 Å². The van der Waals surface area contributed by atoms with E-state index in [1.807, 2.05) is 10.9 Å². The molecule has 1 atom stereocenters. The monoisotopic (exact) mass is 335 g/mol. The van der Waals surface area contributed by atoms with Gasteiger partial charge in [0.05, 0.1) is 11.4 Å². The molecule has 1 unspecified atom stereocenters. The molecule has 108 valence electrons. The van der Waals surface area contributed by atoms with Crippen molar-refractivity contribution >= 4 is 15.9 Å². The van der Waals surface area contributed by atoms with E-state index in [2.05, 4.69) is 66.1 Å². The third kappa shape index (κ3) is 3.49. The van der Waals surface area contributed by atoms with E-state index >= 15 is 0 Å². The Labute approximate surface area is 129 Å². The third-order valence-corrected chi connectivity index (χ3v) is 4.00. The fraction of sp³-hybridized carbons (Fsp3) is 0.438. The standard InChI is InChI=1S/C16H22BrN3/c1-4-14(18)9-12-5-6-13(17)10-16(12)20-8-7-15(19-20)11(2)3/h5-8,10-11,14H,4,9,18H2,1-3H3. The van der Waals surface area contributed by atoms with E-state index in [-0.39, 0.29) is 6.04 Å². The zero-order chi connectivity index (χ0) is 14.7.